The van der Waals surface area contributed by atoms with Crippen LogP contribution in [0.2, 0.25) is 0 Å². The summed E-state index contributed by atoms with van der Waals surface area (Å²) >= 11 is 0. The van der Waals surface area contributed by atoms with Crippen molar-refractivity contribution in [2.75, 3.05) is 26.2 Å². The Hall–Kier alpha value is -2.99. The minimum Gasteiger partial charge on any atom is -0.466 e. The molecule has 2 atom stereocenters. The van der Waals surface area contributed by atoms with E-state index >= 15 is 0 Å². The number of likely N-dealkylation sites (tertiary alicyclic amines) is 1. The molecule has 0 radical (unpaired) electrons. The van der Waals surface area contributed by atoms with Gasteiger partial charge in [-0.05, 0) is 68.5 Å². The van der Waals surface area contributed by atoms with Crippen LogP contribution in [0.1, 0.15) is 54.5 Å². The van der Waals surface area contributed by atoms with Crippen molar-refractivity contribution in [3.63, 3.8) is 0 Å². The highest BCUT2D eigenvalue weighted by Crippen LogP contribution is 2.33. The van der Waals surface area contributed by atoms with Gasteiger partial charge in [0.05, 0.1) is 30.8 Å². The predicted octanol–water partition coefficient (Wildman–Crippen LogP) is 4.26. The van der Waals surface area contributed by atoms with E-state index in [1.54, 1.807) is 5.01 Å². The number of ether oxygens (including phenoxy) is 1. The van der Waals surface area contributed by atoms with E-state index in [1.165, 1.54) is 11.1 Å². The van der Waals surface area contributed by atoms with Crippen molar-refractivity contribution < 1.29 is 14.3 Å². The molecule has 0 unspecified atom stereocenters. The molecular weight excluding hydrogens is 414 g/mol. The molecule has 2 heterocycles. The molecule has 0 saturated carbocycles. The molecule has 0 spiro atoms. The van der Waals surface area contributed by atoms with Crippen molar-refractivity contribution in [3.05, 3.63) is 70.8 Å². The van der Waals surface area contributed by atoms with Crippen LogP contribution in [-0.2, 0) is 14.3 Å². The Morgan fingerprint density at radius 3 is 2.61 bits per heavy atom. The van der Waals surface area contributed by atoms with E-state index in [4.69, 9.17) is 9.84 Å². The standard InChI is InChI=1S/C27H33N3O3/c1-4-33-27(32)23-11-8-14-29(17-23)18-26(31)30-25(21-9-6-5-7-10-21)16-24(28-30)22-13-12-19(2)20(3)15-22/h5-7,9-10,12-13,15,23,25H,4,8,11,14,16-18H2,1-3H3/t23-,25-/m1/s1. The zero-order chi connectivity index (χ0) is 23.4. The fraction of sp³-hybridized carbons (Fsp3) is 0.444. The molecule has 2 aromatic carbocycles. The maximum atomic E-state index is 13.5. The van der Waals surface area contributed by atoms with E-state index in [9.17, 15) is 9.59 Å². The first-order valence-corrected chi connectivity index (χ1v) is 11.9. The molecular formula is C27H33N3O3. The lowest BCUT2D eigenvalue weighted by Gasteiger charge is -2.32. The van der Waals surface area contributed by atoms with Gasteiger partial charge in [-0.1, -0.05) is 42.5 Å². The summed E-state index contributed by atoms with van der Waals surface area (Å²) < 4.78 is 5.21. The molecule has 1 fully saturated rings. The van der Waals surface area contributed by atoms with Crippen molar-refractivity contribution in [1.82, 2.24) is 9.91 Å². The fourth-order valence-corrected chi connectivity index (χ4v) is 4.69. The highest BCUT2D eigenvalue weighted by Gasteiger charge is 2.35. The van der Waals surface area contributed by atoms with Gasteiger partial charge < -0.3 is 4.74 Å². The Kier molecular flexibility index (Phi) is 7.23. The molecule has 0 bridgehead atoms. The van der Waals surface area contributed by atoms with Gasteiger partial charge in [-0.15, -0.1) is 0 Å². The quantitative estimate of drug-likeness (QED) is 0.621. The number of hydrazone groups is 1. The molecule has 174 valence electrons. The number of hydrogen-bond donors (Lipinski definition) is 0. The Morgan fingerprint density at radius 2 is 1.88 bits per heavy atom. The van der Waals surface area contributed by atoms with E-state index in [0.717, 1.165) is 36.2 Å². The van der Waals surface area contributed by atoms with Gasteiger partial charge in [0.15, 0.2) is 0 Å². The van der Waals surface area contributed by atoms with E-state index in [-0.39, 0.29) is 30.4 Å². The van der Waals surface area contributed by atoms with E-state index in [2.05, 4.69) is 49.1 Å². The Bertz CT molecular complexity index is 1030. The largest absolute Gasteiger partial charge is 0.466 e. The predicted molar refractivity (Wildman–Crippen MR) is 129 cm³/mol. The first-order chi connectivity index (χ1) is 16.0. The van der Waals surface area contributed by atoms with Crippen LogP contribution < -0.4 is 0 Å². The van der Waals surface area contributed by atoms with Crippen LogP contribution in [0.25, 0.3) is 0 Å². The number of amides is 1. The van der Waals surface area contributed by atoms with Gasteiger partial charge in [-0.25, -0.2) is 5.01 Å². The molecule has 1 amide bonds. The molecule has 4 rings (SSSR count). The maximum Gasteiger partial charge on any atom is 0.310 e. The molecule has 2 aromatic rings. The Balaban J connectivity index is 1.54. The molecule has 2 aliphatic rings. The molecule has 6 nitrogen and oxygen atoms in total. The van der Waals surface area contributed by atoms with Crippen LogP contribution in [0, 0.1) is 19.8 Å². The lowest BCUT2D eigenvalue weighted by Crippen LogP contribution is -2.44. The first-order valence-electron chi connectivity index (χ1n) is 11.9. The molecule has 1 saturated heterocycles. The summed E-state index contributed by atoms with van der Waals surface area (Å²) in [6.07, 6.45) is 2.38. The van der Waals surface area contributed by atoms with Gasteiger partial charge in [-0.2, -0.15) is 5.10 Å². The number of aryl methyl sites for hydroxylation is 2. The Labute approximate surface area is 196 Å². The SMILES string of the molecule is CCOC(=O)[C@@H]1CCCN(CC(=O)N2N=C(c3ccc(C)c(C)c3)C[C@@H]2c2ccccc2)C1. The smallest absolute Gasteiger partial charge is 0.310 e. The number of carbonyl (C=O) groups excluding carboxylic acids is 2. The van der Waals surface area contributed by atoms with Crippen molar-refractivity contribution in [1.29, 1.82) is 0 Å². The molecule has 33 heavy (non-hydrogen) atoms. The van der Waals surface area contributed by atoms with Gasteiger partial charge in [0.25, 0.3) is 5.91 Å². The average Bonchev–Trinajstić information content (AvgIpc) is 3.27. The summed E-state index contributed by atoms with van der Waals surface area (Å²) in [6.45, 7) is 8.02. The van der Waals surface area contributed by atoms with Crippen LogP contribution >= 0.6 is 0 Å². The second kappa shape index (κ2) is 10.3. The van der Waals surface area contributed by atoms with Crippen LogP contribution in [0.3, 0.4) is 0 Å². The molecule has 0 aliphatic carbocycles. The first kappa shape index (κ1) is 23.2. The lowest BCUT2D eigenvalue weighted by atomic mass is 9.96. The summed E-state index contributed by atoms with van der Waals surface area (Å²) in [5.41, 5.74) is 5.54. The summed E-state index contributed by atoms with van der Waals surface area (Å²) in [7, 11) is 0. The summed E-state index contributed by atoms with van der Waals surface area (Å²) in [5.74, 6) is -0.357. The molecule has 2 aliphatic heterocycles. The number of carbonyl (C=O) groups is 2. The second-order valence-corrected chi connectivity index (χ2v) is 9.04. The van der Waals surface area contributed by atoms with Gasteiger partial charge in [0.2, 0.25) is 0 Å². The van der Waals surface area contributed by atoms with E-state index < -0.39 is 0 Å². The van der Waals surface area contributed by atoms with Crippen LogP contribution in [0.15, 0.2) is 53.6 Å². The Morgan fingerprint density at radius 1 is 1.09 bits per heavy atom. The summed E-state index contributed by atoms with van der Waals surface area (Å²) in [4.78, 5) is 27.7. The minimum absolute atomic E-state index is 0.0350. The van der Waals surface area contributed by atoms with Gasteiger partial charge in [0.1, 0.15) is 0 Å². The summed E-state index contributed by atoms with van der Waals surface area (Å²) in [6, 6.07) is 16.3. The number of benzene rings is 2. The third-order valence-corrected chi connectivity index (χ3v) is 6.67. The van der Waals surface area contributed by atoms with E-state index in [1.807, 2.05) is 25.1 Å². The third kappa shape index (κ3) is 5.33. The minimum atomic E-state index is -0.162. The highest BCUT2D eigenvalue weighted by atomic mass is 16.5. The maximum absolute atomic E-state index is 13.5. The van der Waals surface area contributed by atoms with Crippen molar-refractivity contribution in [2.24, 2.45) is 11.0 Å². The van der Waals surface area contributed by atoms with Crippen LogP contribution in [0.4, 0.5) is 0 Å². The normalized spacial score (nSPS) is 21.1. The van der Waals surface area contributed by atoms with Gasteiger partial charge in [-0.3, -0.25) is 14.5 Å². The van der Waals surface area contributed by atoms with Gasteiger partial charge >= 0.3 is 5.97 Å². The molecule has 0 aromatic heterocycles. The monoisotopic (exact) mass is 447 g/mol. The lowest BCUT2D eigenvalue weighted by molar-refractivity contribution is -0.150. The molecule has 6 heteroatoms. The number of nitrogens with zero attached hydrogens (tertiary/aromatic N) is 3. The molecule has 0 N–H and O–H groups in total. The van der Waals surface area contributed by atoms with Crippen LogP contribution in [-0.4, -0.2) is 53.7 Å². The summed E-state index contributed by atoms with van der Waals surface area (Å²) in [5, 5.41) is 6.48. The van der Waals surface area contributed by atoms with Crippen LogP contribution in [0.5, 0.6) is 0 Å². The fourth-order valence-electron chi connectivity index (χ4n) is 4.69. The third-order valence-electron chi connectivity index (χ3n) is 6.67. The number of esters is 1. The number of piperidine rings is 1. The average molecular weight is 448 g/mol. The van der Waals surface area contributed by atoms with Crippen molar-refractivity contribution in [2.45, 2.75) is 46.1 Å². The van der Waals surface area contributed by atoms with E-state index in [0.29, 0.717) is 19.6 Å². The highest BCUT2D eigenvalue weighted by molar-refractivity contribution is 6.03. The van der Waals surface area contributed by atoms with Crippen molar-refractivity contribution >= 4 is 17.6 Å². The zero-order valence-corrected chi connectivity index (χ0v) is 19.8. The number of hydrogen-bond acceptors (Lipinski definition) is 5. The van der Waals surface area contributed by atoms with Gasteiger partial charge in [0, 0.05) is 13.0 Å². The zero-order valence-electron chi connectivity index (χ0n) is 19.8. The number of rotatable bonds is 6. The van der Waals surface area contributed by atoms with Crippen molar-refractivity contribution in [3.8, 4) is 0 Å². The second-order valence-electron chi connectivity index (χ2n) is 9.04. The topological polar surface area (TPSA) is 62.2 Å².